The number of benzene rings is 2. The molecule has 0 aliphatic carbocycles. The van der Waals surface area contributed by atoms with Crippen molar-refractivity contribution in [3.63, 3.8) is 0 Å². The van der Waals surface area contributed by atoms with Gasteiger partial charge < -0.3 is 15.2 Å². The fourth-order valence-electron chi connectivity index (χ4n) is 2.69. The third-order valence-electron chi connectivity index (χ3n) is 4.57. The van der Waals surface area contributed by atoms with Crippen LogP contribution in [0.3, 0.4) is 0 Å². The molecule has 10 heteroatoms. The number of nitrogens with one attached hydrogen (secondary N) is 2. The molecular formula is C21H21F2N5O2S. The Morgan fingerprint density at radius 3 is 2.32 bits per heavy atom. The Hall–Kier alpha value is -3.27. The molecule has 0 saturated carbocycles. The van der Waals surface area contributed by atoms with Gasteiger partial charge in [0.15, 0.2) is 16.8 Å². The first-order valence-electron chi connectivity index (χ1n) is 9.36. The molecule has 2 N–H and O–H groups in total. The average molecular weight is 445 g/mol. The number of aromatic nitrogens is 3. The van der Waals surface area contributed by atoms with Gasteiger partial charge in [0.25, 0.3) is 0 Å². The maximum absolute atomic E-state index is 13.2. The fourth-order valence-corrected chi connectivity index (χ4v) is 3.42. The molecule has 7 nitrogen and oxygen atoms in total. The summed E-state index contributed by atoms with van der Waals surface area (Å²) in [7, 11) is 1.70. The van der Waals surface area contributed by atoms with Crippen LogP contribution in [0, 0.1) is 25.5 Å². The van der Waals surface area contributed by atoms with Gasteiger partial charge in [-0.15, -0.1) is 10.2 Å². The number of hydrogen-bond donors (Lipinski definition) is 2. The summed E-state index contributed by atoms with van der Waals surface area (Å²) in [5, 5.41) is 13.8. The lowest BCUT2D eigenvalue weighted by atomic mass is 10.1. The van der Waals surface area contributed by atoms with Crippen molar-refractivity contribution in [1.29, 1.82) is 0 Å². The van der Waals surface area contributed by atoms with Crippen molar-refractivity contribution in [2.24, 2.45) is 7.05 Å². The van der Waals surface area contributed by atoms with Crippen LogP contribution in [-0.2, 0) is 23.1 Å². The number of anilines is 2. The topological polar surface area (TPSA) is 88.9 Å². The van der Waals surface area contributed by atoms with E-state index >= 15 is 0 Å². The monoisotopic (exact) mass is 445 g/mol. The van der Waals surface area contributed by atoms with Crippen molar-refractivity contribution in [2.75, 3.05) is 16.4 Å². The lowest BCUT2D eigenvalue weighted by molar-refractivity contribution is -0.116. The van der Waals surface area contributed by atoms with Crippen LogP contribution >= 0.6 is 11.8 Å². The van der Waals surface area contributed by atoms with E-state index in [9.17, 15) is 18.4 Å². The molecule has 0 unspecified atom stereocenters. The number of nitrogens with zero attached hydrogens (tertiary/aromatic N) is 3. The first-order valence-corrected chi connectivity index (χ1v) is 10.3. The number of hydrogen-bond acceptors (Lipinski definition) is 5. The van der Waals surface area contributed by atoms with Gasteiger partial charge in [0, 0.05) is 24.5 Å². The normalized spacial score (nSPS) is 10.7. The van der Waals surface area contributed by atoms with Gasteiger partial charge in [0.05, 0.1) is 12.2 Å². The Labute approximate surface area is 182 Å². The predicted octanol–water partition coefficient (Wildman–Crippen LogP) is 3.62. The summed E-state index contributed by atoms with van der Waals surface area (Å²) in [5.41, 5.74) is 3.09. The van der Waals surface area contributed by atoms with Gasteiger partial charge in [-0.25, -0.2) is 8.78 Å². The minimum Gasteiger partial charge on any atom is -0.326 e. The smallest absolute Gasteiger partial charge is 0.234 e. The SMILES string of the molecule is Cc1ccc(NC(=O)Cc2nnc(SCC(=O)Nc3ccc(F)c(F)c3)n2C)cc1C. The number of halogens is 2. The molecule has 0 fully saturated rings. The minimum atomic E-state index is -1.04. The molecule has 2 amide bonds. The summed E-state index contributed by atoms with van der Waals surface area (Å²) >= 11 is 1.11. The molecule has 1 aromatic heterocycles. The lowest BCUT2D eigenvalue weighted by Gasteiger charge is -2.08. The zero-order valence-corrected chi connectivity index (χ0v) is 18.0. The largest absolute Gasteiger partial charge is 0.326 e. The molecule has 0 radical (unpaired) electrons. The molecule has 3 aromatic rings. The van der Waals surface area contributed by atoms with Crippen LogP contribution in [0.25, 0.3) is 0 Å². The van der Waals surface area contributed by atoms with E-state index in [0.29, 0.717) is 16.7 Å². The lowest BCUT2D eigenvalue weighted by Crippen LogP contribution is -2.17. The average Bonchev–Trinajstić information content (AvgIpc) is 3.05. The number of carbonyl (C=O) groups excluding carboxylic acids is 2. The maximum Gasteiger partial charge on any atom is 0.234 e. The standard InChI is InChI=1S/C21H21F2N5O2S/c1-12-4-5-14(8-13(12)2)24-19(29)10-18-26-27-21(28(18)3)31-11-20(30)25-15-6-7-16(22)17(23)9-15/h4-9H,10-11H2,1-3H3,(H,24,29)(H,25,30). The highest BCUT2D eigenvalue weighted by molar-refractivity contribution is 7.99. The number of aryl methyl sites for hydroxylation is 2. The Kier molecular flexibility index (Phi) is 7.01. The first-order chi connectivity index (χ1) is 14.7. The van der Waals surface area contributed by atoms with Crippen LogP contribution < -0.4 is 10.6 Å². The van der Waals surface area contributed by atoms with Gasteiger partial charge in [-0.1, -0.05) is 17.8 Å². The van der Waals surface area contributed by atoms with Crippen molar-refractivity contribution in [2.45, 2.75) is 25.4 Å². The second-order valence-electron chi connectivity index (χ2n) is 6.95. The number of amides is 2. The second-order valence-corrected chi connectivity index (χ2v) is 7.89. The summed E-state index contributed by atoms with van der Waals surface area (Å²) < 4.78 is 27.8. The molecule has 0 aliphatic rings. The highest BCUT2D eigenvalue weighted by Gasteiger charge is 2.15. The van der Waals surface area contributed by atoms with Crippen molar-refractivity contribution < 1.29 is 18.4 Å². The molecule has 0 spiro atoms. The third-order valence-corrected chi connectivity index (χ3v) is 5.59. The van der Waals surface area contributed by atoms with E-state index < -0.39 is 17.5 Å². The zero-order chi connectivity index (χ0) is 22.5. The zero-order valence-electron chi connectivity index (χ0n) is 17.2. The van der Waals surface area contributed by atoms with Gasteiger partial charge in [-0.3, -0.25) is 9.59 Å². The summed E-state index contributed by atoms with van der Waals surface area (Å²) in [6.07, 6.45) is 0.0258. The van der Waals surface area contributed by atoms with Crippen molar-refractivity contribution >= 4 is 35.0 Å². The van der Waals surface area contributed by atoms with E-state index in [0.717, 1.165) is 35.0 Å². The third kappa shape index (κ3) is 5.88. The van der Waals surface area contributed by atoms with E-state index in [2.05, 4.69) is 20.8 Å². The molecule has 0 aliphatic heterocycles. The van der Waals surface area contributed by atoms with Crippen LogP contribution in [0.15, 0.2) is 41.6 Å². The van der Waals surface area contributed by atoms with Gasteiger partial charge in [0.2, 0.25) is 11.8 Å². The van der Waals surface area contributed by atoms with Crippen molar-refractivity contribution in [1.82, 2.24) is 14.8 Å². The molecule has 0 bridgehead atoms. The Morgan fingerprint density at radius 2 is 1.61 bits per heavy atom. The van der Waals surface area contributed by atoms with Crippen LogP contribution in [0.2, 0.25) is 0 Å². The predicted molar refractivity (Wildman–Crippen MR) is 115 cm³/mol. The summed E-state index contributed by atoms with van der Waals surface area (Å²) in [6.45, 7) is 3.97. The molecule has 2 aromatic carbocycles. The first kappa shape index (κ1) is 22.4. The highest BCUT2D eigenvalue weighted by atomic mass is 32.2. The molecule has 31 heavy (non-hydrogen) atoms. The van der Waals surface area contributed by atoms with E-state index in [4.69, 9.17) is 0 Å². The minimum absolute atomic E-state index is 0.0141. The van der Waals surface area contributed by atoms with Crippen molar-refractivity contribution in [3.8, 4) is 0 Å². The molecule has 0 saturated heterocycles. The molecule has 3 rings (SSSR count). The summed E-state index contributed by atoms with van der Waals surface area (Å²) in [4.78, 5) is 24.4. The Bertz CT molecular complexity index is 1130. The second kappa shape index (κ2) is 9.69. The summed E-state index contributed by atoms with van der Waals surface area (Å²) in [5.74, 6) is -2.23. The van der Waals surface area contributed by atoms with Crippen LogP contribution in [0.4, 0.5) is 20.2 Å². The number of carbonyl (C=O) groups is 2. The Morgan fingerprint density at radius 1 is 0.935 bits per heavy atom. The van der Waals surface area contributed by atoms with E-state index in [-0.39, 0.29) is 23.8 Å². The summed E-state index contributed by atoms with van der Waals surface area (Å²) in [6, 6.07) is 8.80. The quantitative estimate of drug-likeness (QED) is 0.543. The van der Waals surface area contributed by atoms with Gasteiger partial charge in [0.1, 0.15) is 5.82 Å². The molecule has 0 atom stereocenters. The van der Waals surface area contributed by atoms with Gasteiger partial charge >= 0.3 is 0 Å². The van der Waals surface area contributed by atoms with Crippen LogP contribution in [0.1, 0.15) is 17.0 Å². The van der Waals surface area contributed by atoms with Crippen molar-refractivity contribution in [3.05, 3.63) is 65.0 Å². The number of thioether (sulfide) groups is 1. The van der Waals surface area contributed by atoms with Crippen LogP contribution in [0.5, 0.6) is 0 Å². The Balaban J connectivity index is 1.54. The van der Waals surface area contributed by atoms with E-state index in [1.54, 1.807) is 11.6 Å². The highest BCUT2D eigenvalue weighted by Crippen LogP contribution is 2.19. The van der Waals surface area contributed by atoms with E-state index in [1.165, 1.54) is 6.07 Å². The van der Waals surface area contributed by atoms with Gasteiger partial charge in [-0.2, -0.15) is 0 Å². The van der Waals surface area contributed by atoms with Gasteiger partial charge in [-0.05, 0) is 49.2 Å². The fraction of sp³-hybridized carbons (Fsp3) is 0.238. The van der Waals surface area contributed by atoms with Crippen LogP contribution in [-0.4, -0.2) is 32.3 Å². The maximum atomic E-state index is 13.2. The van der Waals surface area contributed by atoms with E-state index in [1.807, 2.05) is 32.0 Å². The molecule has 1 heterocycles. The number of rotatable bonds is 7. The molecular weight excluding hydrogens is 424 g/mol. The molecule has 162 valence electrons.